The fourth-order valence-electron chi connectivity index (χ4n) is 3.34. The Balaban J connectivity index is 2.03. The van der Waals surface area contributed by atoms with Crippen molar-refractivity contribution in [1.29, 1.82) is 0 Å². The molecule has 1 aliphatic rings. The molecule has 3 aromatic rings. The predicted octanol–water partition coefficient (Wildman–Crippen LogP) is 5.84. The number of benzene rings is 3. The number of hydrogen-bond donors (Lipinski definition) is 1. The monoisotopic (exact) mass is 396 g/mol. The highest BCUT2D eigenvalue weighted by Gasteiger charge is 2.30. The molecule has 0 fully saturated rings. The summed E-state index contributed by atoms with van der Waals surface area (Å²) in [6.07, 6.45) is 1.91. The van der Waals surface area contributed by atoms with Crippen molar-refractivity contribution in [2.24, 2.45) is 0 Å². The average Bonchev–Trinajstić information content (AvgIpc) is 2.66. The van der Waals surface area contributed by atoms with E-state index in [0.717, 1.165) is 16.7 Å². The van der Waals surface area contributed by atoms with Gasteiger partial charge in [0.05, 0.1) is 12.1 Å². The largest absolute Gasteiger partial charge is 0.504 e. The molecule has 0 saturated heterocycles. The Morgan fingerprint density at radius 1 is 0.926 bits per heavy atom. The molecule has 3 nitrogen and oxygen atoms in total. The van der Waals surface area contributed by atoms with Crippen LogP contribution in [0, 0.1) is 0 Å². The Kier molecular flexibility index (Phi) is 4.42. The van der Waals surface area contributed by atoms with Crippen LogP contribution in [0.15, 0.2) is 54.6 Å². The van der Waals surface area contributed by atoms with E-state index in [1.165, 1.54) is 7.11 Å². The van der Waals surface area contributed by atoms with Crippen molar-refractivity contribution in [3.8, 4) is 11.5 Å². The number of hydrogen-bond acceptors (Lipinski definition) is 3. The smallest absolute Gasteiger partial charge is 0.195 e. The summed E-state index contributed by atoms with van der Waals surface area (Å²) < 4.78 is 5.19. The van der Waals surface area contributed by atoms with Gasteiger partial charge in [-0.1, -0.05) is 53.5 Å². The van der Waals surface area contributed by atoms with E-state index in [2.05, 4.69) is 0 Å². The van der Waals surface area contributed by atoms with E-state index in [-0.39, 0.29) is 11.5 Å². The molecule has 0 amide bonds. The molecule has 0 aromatic heterocycles. The van der Waals surface area contributed by atoms with Gasteiger partial charge in [-0.3, -0.25) is 4.79 Å². The highest BCUT2D eigenvalue weighted by molar-refractivity contribution is 6.39. The molecule has 0 atom stereocenters. The van der Waals surface area contributed by atoms with Crippen molar-refractivity contribution in [2.45, 2.75) is 0 Å². The van der Waals surface area contributed by atoms with Gasteiger partial charge in [0.25, 0.3) is 0 Å². The van der Waals surface area contributed by atoms with Crippen molar-refractivity contribution in [3.63, 3.8) is 0 Å². The lowest BCUT2D eigenvalue weighted by molar-refractivity contribution is 0.103. The molecular weight excluding hydrogens is 383 g/mol. The number of carbonyl (C=O) groups excluding carboxylic acids is 1. The van der Waals surface area contributed by atoms with Crippen molar-refractivity contribution in [2.75, 3.05) is 7.11 Å². The summed E-state index contributed by atoms with van der Waals surface area (Å²) in [7, 11) is 1.49. The van der Waals surface area contributed by atoms with Crippen molar-refractivity contribution in [3.05, 3.63) is 92.5 Å². The Bertz CT molecular complexity index is 1120. The lowest BCUT2D eigenvalue weighted by Gasteiger charge is -2.23. The highest BCUT2D eigenvalue weighted by atomic mass is 35.5. The molecule has 5 heteroatoms. The van der Waals surface area contributed by atoms with E-state index in [1.807, 2.05) is 18.2 Å². The molecule has 0 radical (unpaired) electrons. The number of halogens is 2. The van der Waals surface area contributed by atoms with Gasteiger partial charge in [-0.05, 0) is 47.0 Å². The molecule has 0 bridgehead atoms. The number of ketones is 1. The summed E-state index contributed by atoms with van der Waals surface area (Å²) in [5.41, 5.74) is 3.96. The molecule has 0 spiro atoms. The summed E-state index contributed by atoms with van der Waals surface area (Å²) in [6, 6.07) is 15.7. The van der Waals surface area contributed by atoms with Crippen LogP contribution in [0.3, 0.4) is 0 Å². The van der Waals surface area contributed by atoms with Gasteiger partial charge in [0.1, 0.15) is 0 Å². The minimum atomic E-state index is -0.145. The minimum absolute atomic E-state index is 0.0559. The zero-order chi connectivity index (χ0) is 19.1. The number of fused-ring (bicyclic) bond motifs is 2. The molecule has 0 unspecified atom stereocenters. The third-order valence-electron chi connectivity index (χ3n) is 4.57. The van der Waals surface area contributed by atoms with E-state index < -0.39 is 0 Å². The first-order chi connectivity index (χ1) is 13.0. The summed E-state index contributed by atoms with van der Waals surface area (Å²) >= 11 is 12.8. The third-order valence-corrected chi connectivity index (χ3v) is 5.20. The van der Waals surface area contributed by atoms with Gasteiger partial charge in [0.2, 0.25) is 0 Å². The number of ether oxygens (including phenoxy) is 1. The Labute approximate surface area is 166 Å². The lowest BCUT2D eigenvalue weighted by atomic mass is 9.80. The van der Waals surface area contributed by atoms with Crippen LogP contribution in [0.4, 0.5) is 0 Å². The van der Waals surface area contributed by atoms with Crippen LogP contribution in [0.5, 0.6) is 11.5 Å². The SMILES string of the molecule is COc1cc(/C=C2/c3cccc(Cl)c3C(=O)c3cccc(Cl)c32)ccc1O. The molecule has 0 saturated carbocycles. The average molecular weight is 397 g/mol. The van der Waals surface area contributed by atoms with E-state index in [4.69, 9.17) is 27.9 Å². The van der Waals surface area contributed by atoms with E-state index >= 15 is 0 Å². The second-order valence-electron chi connectivity index (χ2n) is 6.14. The minimum Gasteiger partial charge on any atom is -0.504 e. The maximum Gasteiger partial charge on any atom is 0.195 e. The molecule has 1 N–H and O–H groups in total. The number of rotatable bonds is 2. The second-order valence-corrected chi connectivity index (χ2v) is 6.96. The van der Waals surface area contributed by atoms with Crippen LogP contribution in [0.1, 0.15) is 32.6 Å². The molecule has 4 rings (SSSR count). The van der Waals surface area contributed by atoms with Crippen LogP contribution in [0.25, 0.3) is 11.6 Å². The Morgan fingerprint density at radius 2 is 1.59 bits per heavy atom. The summed E-state index contributed by atoms with van der Waals surface area (Å²) in [6.45, 7) is 0. The number of carbonyl (C=O) groups is 1. The molecule has 0 aliphatic heterocycles. The first kappa shape index (κ1) is 17.7. The number of aromatic hydroxyl groups is 1. The van der Waals surface area contributed by atoms with Gasteiger partial charge < -0.3 is 9.84 Å². The fourth-order valence-corrected chi connectivity index (χ4v) is 3.87. The lowest BCUT2D eigenvalue weighted by Crippen LogP contribution is -2.15. The van der Waals surface area contributed by atoms with E-state index in [1.54, 1.807) is 42.5 Å². The van der Waals surface area contributed by atoms with Crippen LogP contribution in [-0.4, -0.2) is 18.0 Å². The van der Waals surface area contributed by atoms with Crippen molar-refractivity contribution in [1.82, 2.24) is 0 Å². The van der Waals surface area contributed by atoms with Crippen molar-refractivity contribution < 1.29 is 14.6 Å². The first-order valence-corrected chi connectivity index (χ1v) is 8.98. The standard InChI is InChI=1S/C22H14Cl2O3/c1-27-19-11-12(8-9-18(19)25)10-15-13-4-2-7-17(24)21(13)22(26)14-5-3-6-16(23)20(14)15/h2-11,25H,1H3/b15-10-. The van der Waals surface area contributed by atoms with Crippen LogP contribution in [-0.2, 0) is 0 Å². The third kappa shape index (κ3) is 2.89. The summed E-state index contributed by atoms with van der Waals surface area (Å²) in [4.78, 5) is 13.0. The van der Waals surface area contributed by atoms with Crippen LogP contribution in [0.2, 0.25) is 10.0 Å². The van der Waals surface area contributed by atoms with E-state index in [0.29, 0.717) is 32.5 Å². The zero-order valence-corrected chi connectivity index (χ0v) is 15.8. The van der Waals surface area contributed by atoms with Crippen molar-refractivity contribution >= 4 is 40.6 Å². The molecule has 27 heavy (non-hydrogen) atoms. The van der Waals surface area contributed by atoms with Gasteiger partial charge >= 0.3 is 0 Å². The fraction of sp³-hybridized carbons (Fsp3) is 0.0455. The molecule has 134 valence electrons. The van der Waals surface area contributed by atoms with E-state index in [9.17, 15) is 9.90 Å². The Morgan fingerprint density at radius 3 is 2.30 bits per heavy atom. The molecule has 0 heterocycles. The van der Waals surface area contributed by atoms with Crippen LogP contribution >= 0.6 is 23.2 Å². The quantitative estimate of drug-likeness (QED) is 0.462. The maximum atomic E-state index is 13.0. The number of phenolic OH excluding ortho intramolecular Hbond substituents is 1. The second kappa shape index (κ2) is 6.76. The molecular formula is C22H14Cl2O3. The molecule has 1 aliphatic carbocycles. The summed E-state index contributed by atoms with van der Waals surface area (Å²) in [5.74, 6) is 0.274. The first-order valence-electron chi connectivity index (χ1n) is 8.22. The van der Waals surface area contributed by atoms with Gasteiger partial charge in [-0.2, -0.15) is 0 Å². The van der Waals surface area contributed by atoms with Gasteiger partial charge in [0.15, 0.2) is 17.3 Å². The van der Waals surface area contributed by atoms with Crippen LogP contribution < -0.4 is 4.74 Å². The highest BCUT2D eigenvalue weighted by Crippen LogP contribution is 2.43. The van der Waals surface area contributed by atoms with Gasteiger partial charge in [-0.15, -0.1) is 0 Å². The zero-order valence-electron chi connectivity index (χ0n) is 14.3. The maximum absolute atomic E-state index is 13.0. The predicted molar refractivity (Wildman–Crippen MR) is 108 cm³/mol. The summed E-state index contributed by atoms with van der Waals surface area (Å²) in [5, 5.41) is 10.7. The number of phenols is 1. The number of methoxy groups -OCH3 is 1. The topological polar surface area (TPSA) is 46.5 Å². The normalized spacial score (nSPS) is 14.0. The van der Waals surface area contributed by atoms with Gasteiger partial charge in [-0.25, -0.2) is 0 Å². The van der Waals surface area contributed by atoms with Gasteiger partial charge in [0, 0.05) is 21.7 Å². The Hall–Kier alpha value is -2.75. The molecule has 3 aromatic carbocycles.